The number of aliphatic hydroxyl groups excluding tert-OH is 1. The Morgan fingerprint density at radius 3 is 2.56 bits per heavy atom. The maximum atomic E-state index is 11.6. The second kappa shape index (κ2) is 8.86. The van der Waals surface area contributed by atoms with Crippen molar-refractivity contribution in [2.75, 3.05) is 0 Å². The second-order valence-corrected chi connectivity index (χ2v) is 11.2. The van der Waals surface area contributed by atoms with E-state index in [1.54, 1.807) is 0 Å². The number of phosphoric ester groups is 1. The van der Waals surface area contributed by atoms with Gasteiger partial charge in [-0.3, -0.25) is 0 Å². The van der Waals surface area contributed by atoms with Crippen LogP contribution < -0.4 is 68.9 Å². The van der Waals surface area contributed by atoms with E-state index in [2.05, 4.69) is 21.7 Å². The van der Waals surface area contributed by atoms with Crippen LogP contribution in [0.2, 0.25) is 0 Å². The van der Waals surface area contributed by atoms with Crippen LogP contribution >= 0.6 is 7.82 Å². The molecule has 0 spiro atoms. The Hall–Kier alpha value is 0.500. The maximum absolute atomic E-state index is 11.6. The fourth-order valence-electron chi connectivity index (χ4n) is 7.62. The van der Waals surface area contributed by atoms with Crippen LogP contribution in [0.1, 0.15) is 56.6 Å². The summed E-state index contributed by atoms with van der Waals surface area (Å²) in [5.41, 5.74) is 2.09. The summed E-state index contributed by atoms with van der Waals surface area (Å²) in [5, 5.41) is 11.6. The molecule has 4 atom stereocenters. The minimum Gasteiger partial charge on any atom is -0.790 e. The van der Waals surface area contributed by atoms with Gasteiger partial charge in [-0.2, -0.15) is 0 Å². The Kier molecular flexibility index (Phi) is 7.09. The van der Waals surface area contributed by atoms with Crippen molar-refractivity contribution < 1.29 is 83.1 Å². The number of phosphoric acid groups is 1. The number of benzene rings is 1. The predicted molar refractivity (Wildman–Crippen MR) is 105 cm³/mol. The molecule has 4 unspecified atom stereocenters. The second-order valence-electron chi connectivity index (χ2n) is 10.1. The molecule has 4 bridgehead atoms. The monoisotopic (exact) mass is 474 g/mol. The fraction of sp³-hybridized carbons (Fsp3) is 0.591. The van der Waals surface area contributed by atoms with Gasteiger partial charge in [-0.25, -0.2) is 4.98 Å². The molecule has 0 radical (unpaired) electrons. The first-order valence-corrected chi connectivity index (χ1v) is 12.2. The normalized spacial score (nSPS) is 34.9. The molecule has 0 amide bonds. The average Bonchev–Trinajstić information content (AvgIpc) is 3.21. The smallest absolute Gasteiger partial charge is 0.790 e. The third-order valence-corrected chi connectivity index (χ3v) is 8.72. The molecule has 7 rings (SSSR count). The van der Waals surface area contributed by atoms with Gasteiger partial charge in [0.25, 0.3) is 0 Å². The summed E-state index contributed by atoms with van der Waals surface area (Å²) in [5.74, 6) is 0.624. The molecule has 4 saturated carbocycles. The van der Waals surface area contributed by atoms with Crippen LogP contribution in [0.15, 0.2) is 36.8 Å². The standard InChI is InChI=1S/C22H27N2O5P.2Na/c25-20(6-18-16-3-1-2-4-17(16)19-11-23-13-24(18)19)21-7-14-5-15(8-21)10-22(9-14,12-21)29-30(26,27)28;;/h1-4,11,13-15,18,20,25H,5-10,12H2,(H2,26,27,28);;/q;2*+1/p-2. The molecule has 1 N–H and O–H groups in total. The van der Waals surface area contributed by atoms with Crippen LogP contribution in [-0.4, -0.2) is 26.4 Å². The first kappa shape index (κ1) is 25.6. The number of imidazole rings is 1. The van der Waals surface area contributed by atoms with E-state index in [-0.39, 0.29) is 65.2 Å². The summed E-state index contributed by atoms with van der Waals surface area (Å²) in [6, 6.07) is 8.23. The Morgan fingerprint density at radius 2 is 1.88 bits per heavy atom. The van der Waals surface area contributed by atoms with Crippen molar-refractivity contribution in [2.24, 2.45) is 17.3 Å². The molecule has 0 saturated heterocycles. The van der Waals surface area contributed by atoms with E-state index in [9.17, 15) is 19.5 Å². The number of aliphatic hydroxyl groups is 1. The molecular weight excluding hydrogens is 449 g/mol. The zero-order chi connectivity index (χ0) is 20.7. The molecule has 7 nitrogen and oxygen atoms in total. The van der Waals surface area contributed by atoms with Crippen molar-refractivity contribution >= 4 is 7.82 Å². The minimum absolute atomic E-state index is 0. The number of hydrogen-bond acceptors (Lipinski definition) is 6. The van der Waals surface area contributed by atoms with Crippen molar-refractivity contribution in [3.8, 4) is 11.3 Å². The van der Waals surface area contributed by atoms with Gasteiger partial charge < -0.3 is 28.5 Å². The van der Waals surface area contributed by atoms with E-state index in [4.69, 9.17) is 4.52 Å². The van der Waals surface area contributed by atoms with Crippen molar-refractivity contribution in [1.82, 2.24) is 9.55 Å². The van der Waals surface area contributed by atoms with E-state index in [0.29, 0.717) is 37.5 Å². The van der Waals surface area contributed by atoms with E-state index in [1.807, 2.05) is 24.7 Å². The van der Waals surface area contributed by atoms with Gasteiger partial charge in [0.2, 0.25) is 0 Å². The van der Waals surface area contributed by atoms with Gasteiger partial charge in [-0.15, -0.1) is 0 Å². The van der Waals surface area contributed by atoms with Gasteiger partial charge in [-0.05, 0) is 67.8 Å². The van der Waals surface area contributed by atoms with Gasteiger partial charge >= 0.3 is 59.1 Å². The molecule has 1 aliphatic heterocycles. The number of aromatic nitrogens is 2. The quantitative estimate of drug-likeness (QED) is 0.354. The Morgan fingerprint density at radius 1 is 1.19 bits per heavy atom. The minimum atomic E-state index is -5.08. The van der Waals surface area contributed by atoms with Gasteiger partial charge in [-0.1, -0.05) is 24.3 Å². The zero-order valence-electron chi connectivity index (χ0n) is 18.6. The SMILES string of the molecule is O=P([O-])([O-])OC12CC3CC(C1)CC(C(O)CC1c4ccccc4-c4cncn41)(C3)C2.[Na+].[Na+]. The van der Waals surface area contributed by atoms with Crippen LogP contribution in [-0.2, 0) is 9.09 Å². The third-order valence-electron chi connectivity index (χ3n) is 8.11. The van der Waals surface area contributed by atoms with Gasteiger partial charge in [0.05, 0.1) is 43.8 Å². The molecule has 2 heterocycles. The van der Waals surface area contributed by atoms with Gasteiger partial charge in [0.1, 0.15) is 0 Å². The molecule has 10 heteroatoms. The van der Waals surface area contributed by atoms with Crippen molar-refractivity contribution in [3.05, 3.63) is 42.4 Å². The van der Waals surface area contributed by atoms with Crippen LogP contribution in [0.3, 0.4) is 0 Å². The van der Waals surface area contributed by atoms with Crippen molar-refractivity contribution in [1.29, 1.82) is 0 Å². The first-order valence-electron chi connectivity index (χ1n) is 10.8. The van der Waals surface area contributed by atoms with Crippen LogP contribution in [0.25, 0.3) is 11.3 Å². The Balaban J connectivity index is 0.00000122. The summed E-state index contributed by atoms with van der Waals surface area (Å²) in [7, 11) is -5.08. The zero-order valence-corrected chi connectivity index (χ0v) is 23.5. The first-order chi connectivity index (χ1) is 14.3. The van der Waals surface area contributed by atoms with E-state index in [0.717, 1.165) is 30.5 Å². The number of nitrogens with zero attached hydrogens (tertiary/aromatic N) is 2. The number of hydrogen-bond donors (Lipinski definition) is 1. The summed E-state index contributed by atoms with van der Waals surface area (Å²) < 4.78 is 18.8. The molecule has 160 valence electrons. The molecule has 2 aromatic rings. The van der Waals surface area contributed by atoms with Crippen molar-refractivity contribution in [3.63, 3.8) is 0 Å². The van der Waals surface area contributed by atoms with Crippen LogP contribution in [0, 0.1) is 17.3 Å². The van der Waals surface area contributed by atoms with Crippen molar-refractivity contribution in [2.45, 2.75) is 62.7 Å². The Labute approximate surface area is 232 Å². The largest absolute Gasteiger partial charge is 1.00 e. The average molecular weight is 474 g/mol. The van der Waals surface area contributed by atoms with Gasteiger partial charge in [0, 0.05) is 5.56 Å². The maximum Gasteiger partial charge on any atom is 1.00 e. The molecule has 4 aliphatic carbocycles. The molecule has 5 aliphatic rings. The number of rotatable bonds is 5. The van der Waals surface area contributed by atoms with Gasteiger partial charge in [0.15, 0.2) is 0 Å². The summed E-state index contributed by atoms with van der Waals surface area (Å²) in [4.78, 5) is 27.3. The summed E-state index contributed by atoms with van der Waals surface area (Å²) >= 11 is 0. The molecule has 4 fully saturated rings. The molecule has 32 heavy (non-hydrogen) atoms. The van der Waals surface area contributed by atoms with E-state index in [1.165, 1.54) is 5.56 Å². The number of fused-ring (bicyclic) bond motifs is 3. The molecule has 1 aromatic heterocycles. The van der Waals surface area contributed by atoms with Crippen LogP contribution in [0.5, 0.6) is 0 Å². The summed E-state index contributed by atoms with van der Waals surface area (Å²) in [6.45, 7) is 0. The van der Waals surface area contributed by atoms with E-state index >= 15 is 0 Å². The molecular formula is C22H25N2Na2O5P. The van der Waals surface area contributed by atoms with Crippen LogP contribution in [0.4, 0.5) is 0 Å². The third kappa shape index (κ3) is 4.20. The predicted octanol–water partition coefficient (Wildman–Crippen LogP) is -3.60. The van der Waals surface area contributed by atoms with E-state index < -0.39 is 24.9 Å². The topological polar surface area (TPSA) is 110 Å². The molecule has 1 aromatic carbocycles. The summed E-state index contributed by atoms with van der Waals surface area (Å²) in [6.07, 6.45) is 8.10. The Bertz CT molecular complexity index is 1040. The fourth-order valence-corrected chi connectivity index (χ4v) is 8.30.